The highest BCUT2D eigenvalue weighted by atomic mass is 15.1. The number of allylic oxidation sites excluding steroid dienone is 4. The van der Waals surface area contributed by atoms with E-state index in [1.807, 2.05) is 13.0 Å². The predicted molar refractivity (Wildman–Crippen MR) is 134 cm³/mol. The van der Waals surface area contributed by atoms with E-state index in [1.54, 1.807) is 0 Å². The lowest BCUT2D eigenvalue weighted by molar-refractivity contribution is 0.180. The SMILES string of the molecule is Bc1nc(N/C(=C\C)C2CCN(CC(C)C)CC2)cc2cc(/C(C=N)=C/C)ccc12. The van der Waals surface area contributed by atoms with Gasteiger partial charge in [0, 0.05) is 30.0 Å². The van der Waals surface area contributed by atoms with Crippen LogP contribution in [0, 0.1) is 17.2 Å². The second-order valence-electron chi connectivity index (χ2n) is 8.75. The van der Waals surface area contributed by atoms with Crippen molar-refractivity contribution in [1.29, 1.82) is 5.41 Å². The molecule has 3 rings (SSSR count). The number of rotatable bonds is 7. The molecule has 0 bridgehead atoms. The van der Waals surface area contributed by atoms with E-state index in [9.17, 15) is 0 Å². The molecule has 2 heterocycles. The van der Waals surface area contributed by atoms with Crippen LogP contribution in [0.1, 0.15) is 46.1 Å². The maximum Gasteiger partial charge on any atom is 0.164 e. The smallest absolute Gasteiger partial charge is 0.164 e. The van der Waals surface area contributed by atoms with E-state index in [1.165, 1.54) is 44.4 Å². The molecule has 4 nitrogen and oxygen atoms in total. The number of pyridine rings is 1. The predicted octanol–water partition coefficient (Wildman–Crippen LogP) is 4.23. The molecule has 0 unspecified atom stereocenters. The van der Waals surface area contributed by atoms with Crippen LogP contribution in [0.25, 0.3) is 16.3 Å². The van der Waals surface area contributed by atoms with Gasteiger partial charge >= 0.3 is 0 Å². The Balaban J connectivity index is 1.79. The van der Waals surface area contributed by atoms with Crippen molar-refractivity contribution < 1.29 is 0 Å². The lowest BCUT2D eigenvalue weighted by Gasteiger charge is -2.34. The number of likely N-dealkylation sites (tertiary alicyclic amines) is 1. The molecule has 1 aliphatic heterocycles. The van der Waals surface area contributed by atoms with E-state index in [4.69, 9.17) is 10.4 Å². The lowest BCUT2D eigenvalue weighted by Crippen LogP contribution is -2.37. The van der Waals surface area contributed by atoms with Crippen LogP contribution in [0.5, 0.6) is 0 Å². The molecule has 2 aromatic rings. The molecule has 0 spiro atoms. The third-order valence-electron chi connectivity index (χ3n) is 6.06. The second kappa shape index (κ2) is 10.1. The van der Waals surface area contributed by atoms with Crippen molar-refractivity contribution in [3.63, 3.8) is 0 Å². The number of fused-ring (bicyclic) bond motifs is 1. The molecule has 5 heteroatoms. The zero-order valence-corrected chi connectivity index (χ0v) is 19.1. The first kappa shape index (κ1) is 22.3. The summed E-state index contributed by atoms with van der Waals surface area (Å²) < 4.78 is 0. The number of nitrogens with one attached hydrogen (secondary N) is 2. The summed E-state index contributed by atoms with van der Waals surface area (Å²) in [5.74, 6) is 2.20. The highest BCUT2D eigenvalue weighted by molar-refractivity contribution is 6.37. The van der Waals surface area contributed by atoms with Crippen molar-refractivity contribution in [3.8, 4) is 0 Å². The average molecular weight is 402 g/mol. The third kappa shape index (κ3) is 5.20. The van der Waals surface area contributed by atoms with Gasteiger partial charge < -0.3 is 15.6 Å². The Kier molecular flexibility index (Phi) is 7.49. The molecular formula is C25H35BN4. The normalized spacial score (nSPS) is 17.0. The minimum Gasteiger partial charge on any atom is -0.344 e. The minimum atomic E-state index is 0.565. The van der Waals surface area contributed by atoms with Gasteiger partial charge in [0.1, 0.15) is 5.82 Å². The van der Waals surface area contributed by atoms with Gasteiger partial charge in [-0.1, -0.05) is 38.1 Å². The van der Waals surface area contributed by atoms with Crippen molar-refractivity contribution in [1.82, 2.24) is 9.88 Å². The van der Waals surface area contributed by atoms with Gasteiger partial charge in [-0.2, -0.15) is 0 Å². The van der Waals surface area contributed by atoms with E-state index in [0.29, 0.717) is 5.92 Å². The first-order valence-electron chi connectivity index (χ1n) is 11.2. The van der Waals surface area contributed by atoms with Gasteiger partial charge in [0.25, 0.3) is 0 Å². The molecule has 2 N–H and O–H groups in total. The third-order valence-corrected chi connectivity index (χ3v) is 6.06. The van der Waals surface area contributed by atoms with Crippen molar-refractivity contribution in [2.45, 2.75) is 40.5 Å². The molecule has 0 atom stereocenters. The molecule has 30 heavy (non-hydrogen) atoms. The second-order valence-corrected chi connectivity index (χ2v) is 8.75. The standard InChI is InChI=1S/C25H35BN4/c1-5-18(15-27)20-7-8-22-21(13-20)14-24(29-25(22)26)28-23(6-2)19-9-11-30(12-10-19)16-17(3)4/h5-8,13-15,17,19,27H,9-12,16,26H2,1-4H3,(H,28,29)/b18-5+,23-6-,27-15?. The Morgan fingerprint density at radius 2 is 1.97 bits per heavy atom. The van der Waals surface area contributed by atoms with E-state index >= 15 is 0 Å². The Morgan fingerprint density at radius 3 is 2.57 bits per heavy atom. The first-order valence-corrected chi connectivity index (χ1v) is 11.2. The molecule has 0 radical (unpaired) electrons. The number of anilines is 1. The van der Waals surface area contributed by atoms with Crippen molar-refractivity contribution in [2.75, 3.05) is 25.0 Å². The van der Waals surface area contributed by atoms with Crippen LogP contribution in [0.2, 0.25) is 0 Å². The summed E-state index contributed by atoms with van der Waals surface area (Å²) in [6, 6.07) is 8.49. The largest absolute Gasteiger partial charge is 0.344 e. The van der Waals surface area contributed by atoms with Crippen molar-refractivity contribution in [3.05, 3.63) is 47.7 Å². The fourth-order valence-corrected chi connectivity index (χ4v) is 4.51. The topological polar surface area (TPSA) is 52.0 Å². The fraction of sp³-hybridized carbons (Fsp3) is 0.440. The highest BCUT2D eigenvalue weighted by Crippen LogP contribution is 2.27. The molecule has 1 saturated heterocycles. The van der Waals surface area contributed by atoms with Crippen molar-refractivity contribution in [2.24, 2.45) is 11.8 Å². The van der Waals surface area contributed by atoms with Gasteiger partial charge in [-0.15, -0.1) is 0 Å². The minimum absolute atomic E-state index is 0.565. The maximum absolute atomic E-state index is 7.64. The number of hydrogen-bond acceptors (Lipinski definition) is 4. The number of piperidine rings is 1. The summed E-state index contributed by atoms with van der Waals surface area (Å²) in [6.07, 6.45) is 8.00. The molecule has 1 aromatic heterocycles. The molecule has 1 aliphatic rings. The summed E-state index contributed by atoms with van der Waals surface area (Å²) >= 11 is 0. The highest BCUT2D eigenvalue weighted by Gasteiger charge is 2.22. The quantitative estimate of drug-likeness (QED) is 0.538. The van der Waals surface area contributed by atoms with Gasteiger partial charge in [-0.05, 0) is 79.7 Å². The Hall–Kier alpha value is -2.40. The fourth-order valence-electron chi connectivity index (χ4n) is 4.51. The van der Waals surface area contributed by atoms with Gasteiger partial charge in [0.15, 0.2) is 7.85 Å². The van der Waals surface area contributed by atoms with Gasteiger partial charge in [0.2, 0.25) is 0 Å². The molecule has 0 amide bonds. The zero-order chi connectivity index (χ0) is 21.7. The molecule has 1 aromatic carbocycles. The van der Waals surface area contributed by atoms with Gasteiger partial charge in [-0.25, -0.2) is 4.98 Å². The van der Waals surface area contributed by atoms with Gasteiger partial charge in [0.05, 0.1) is 0 Å². The monoisotopic (exact) mass is 402 g/mol. The maximum atomic E-state index is 7.64. The summed E-state index contributed by atoms with van der Waals surface area (Å²) in [6.45, 7) is 12.2. The van der Waals surface area contributed by atoms with E-state index < -0.39 is 0 Å². The van der Waals surface area contributed by atoms with E-state index in [-0.39, 0.29) is 0 Å². The van der Waals surface area contributed by atoms with Crippen LogP contribution < -0.4 is 10.9 Å². The van der Waals surface area contributed by atoms with Gasteiger partial charge in [-0.3, -0.25) is 0 Å². The van der Waals surface area contributed by atoms with Crippen LogP contribution in [0.4, 0.5) is 5.82 Å². The summed E-state index contributed by atoms with van der Waals surface area (Å²) in [5.41, 5.74) is 4.32. The van der Waals surface area contributed by atoms with Crippen LogP contribution in [0.15, 0.2) is 42.1 Å². The van der Waals surface area contributed by atoms with E-state index in [2.05, 4.69) is 69.2 Å². The molecular weight excluding hydrogens is 367 g/mol. The van der Waals surface area contributed by atoms with Crippen LogP contribution in [-0.4, -0.2) is 43.6 Å². The van der Waals surface area contributed by atoms with Crippen LogP contribution in [-0.2, 0) is 0 Å². The van der Waals surface area contributed by atoms with Crippen molar-refractivity contribution >= 4 is 41.8 Å². The van der Waals surface area contributed by atoms with Crippen LogP contribution >= 0.6 is 0 Å². The number of nitrogens with zero attached hydrogens (tertiary/aromatic N) is 2. The molecule has 0 saturated carbocycles. The lowest BCUT2D eigenvalue weighted by atomic mass is 9.92. The first-order chi connectivity index (χ1) is 14.4. The molecule has 1 fully saturated rings. The molecule has 0 aliphatic carbocycles. The zero-order valence-electron chi connectivity index (χ0n) is 19.1. The number of aromatic nitrogens is 1. The van der Waals surface area contributed by atoms with Crippen LogP contribution in [0.3, 0.4) is 0 Å². The molecule has 158 valence electrons. The summed E-state index contributed by atoms with van der Waals surface area (Å²) in [7, 11) is 2.07. The average Bonchev–Trinajstić information content (AvgIpc) is 2.73. The Labute approximate surface area is 182 Å². The van der Waals surface area contributed by atoms with E-state index in [0.717, 1.165) is 39.2 Å². The summed E-state index contributed by atoms with van der Waals surface area (Å²) in [4.78, 5) is 7.43. The Morgan fingerprint density at radius 1 is 1.23 bits per heavy atom. The number of benzene rings is 1. The number of hydrogen-bond donors (Lipinski definition) is 2. The Bertz CT molecular complexity index is 953. The summed E-state index contributed by atoms with van der Waals surface area (Å²) in [5, 5.41) is 13.6.